The highest BCUT2D eigenvalue weighted by Crippen LogP contribution is 2.25. The van der Waals surface area contributed by atoms with Gasteiger partial charge in [-0.3, -0.25) is 0 Å². The van der Waals surface area contributed by atoms with Crippen LogP contribution in [-0.2, 0) is 4.65 Å². The van der Waals surface area contributed by atoms with Gasteiger partial charge < -0.3 is 25.0 Å². The molecule has 0 aliphatic heterocycles. The molecule has 8 heteroatoms. The molecule has 1 aromatic carbocycles. The SMILES string of the molecule is CC(C)(O)C(C)(C)OB(O)c1cc(C(=O)O)cc(C(=O)O)c1. The molecule has 0 aromatic heterocycles. The summed E-state index contributed by atoms with van der Waals surface area (Å²) in [6.45, 7) is 6.09. The Morgan fingerprint density at radius 3 is 1.73 bits per heavy atom. The van der Waals surface area contributed by atoms with Gasteiger partial charge in [-0.2, -0.15) is 0 Å². The van der Waals surface area contributed by atoms with Gasteiger partial charge in [-0.25, -0.2) is 9.59 Å². The van der Waals surface area contributed by atoms with E-state index in [1.807, 2.05) is 0 Å². The summed E-state index contributed by atoms with van der Waals surface area (Å²) < 4.78 is 5.38. The highest BCUT2D eigenvalue weighted by Gasteiger charge is 2.39. The molecule has 0 saturated heterocycles. The highest BCUT2D eigenvalue weighted by molar-refractivity contribution is 6.60. The smallest absolute Gasteiger partial charge is 0.478 e. The fourth-order valence-corrected chi connectivity index (χ4v) is 1.53. The Balaban J connectivity index is 3.20. The van der Waals surface area contributed by atoms with Crippen molar-refractivity contribution in [3.8, 4) is 0 Å². The lowest BCUT2D eigenvalue weighted by molar-refractivity contribution is -0.0982. The lowest BCUT2D eigenvalue weighted by atomic mass is 9.75. The Morgan fingerprint density at radius 1 is 1.00 bits per heavy atom. The predicted molar refractivity (Wildman–Crippen MR) is 79.4 cm³/mol. The first-order valence-electron chi connectivity index (χ1n) is 6.55. The molecule has 0 aliphatic rings. The van der Waals surface area contributed by atoms with Crippen molar-refractivity contribution in [3.63, 3.8) is 0 Å². The van der Waals surface area contributed by atoms with Gasteiger partial charge in [-0.05, 0) is 51.4 Å². The maximum atomic E-state index is 11.0. The number of rotatable bonds is 6. The molecule has 0 heterocycles. The first kappa shape index (κ1) is 18.2. The zero-order valence-electron chi connectivity index (χ0n) is 12.8. The Bertz CT molecular complexity index is 557. The van der Waals surface area contributed by atoms with E-state index in [0.717, 1.165) is 18.2 Å². The van der Waals surface area contributed by atoms with E-state index in [0.29, 0.717) is 0 Å². The number of hydrogen-bond donors (Lipinski definition) is 4. The molecule has 0 unspecified atom stereocenters. The second-order valence-electron chi connectivity index (χ2n) is 5.99. The van der Waals surface area contributed by atoms with Gasteiger partial charge in [0.1, 0.15) is 0 Å². The van der Waals surface area contributed by atoms with Crippen LogP contribution in [0.5, 0.6) is 0 Å². The molecule has 7 nitrogen and oxygen atoms in total. The van der Waals surface area contributed by atoms with Gasteiger partial charge in [-0.1, -0.05) is 0 Å². The van der Waals surface area contributed by atoms with Crippen molar-refractivity contribution in [3.05, 3.63) is 29.3 Å². The Labute approximate surface area is 128 Å². The highest BCUT2D eigenvalue weighted by atomic mass is 16.5. The largest absolute Gasteiger partial charge is 0.491 e. The minimum absolute atomic E-state index is 0.0189. The molecule has 4 N–H and O–H groups in total. The third-order valence-electron chi connectivity index (χ3n) is 3.61. The number of benzene rings is 1. The van der Waals surface area contributed by atoms with Crippen LogP contribution in [0.1, 0.15) is 48.4 Å². The van der Waals surface area contributed by atoms with Crippen LogP contribution in [0.4, 0.5) is 0 Å². The van der Waals surface area contributed by atoms with Crippen molar-refractivity contribution in [2.24, 2.45) is 0 Å². The van der Waals surface area contributed by atoms with E-state index < -0.39 is 30.3 Å². The number of carbonyl (C=O) groups is 2. The number of aliphatic hydroxyl groups is 1. The van der Waals surface area contributed by atoms with Crippen LogP contribution >= 0.6 is 0 Å². The number of aromatic carboxylic acids is 2. The predicted octanol–water partition coefficient (Wildman–Crippen LogP) is 0.337. The van der Waals surface area contributed by atoms with Gasteiger partial charge in [0.2, 0.25) is 0 Å². The third-order valence-corrected chi connectivity index (χ3v) is 3.61. The second-order valence-corrected chi connectivity index (χ2v) is 5.99. The molecule has 0 fully saturated rings. The molecule has 0 atom stereocenters. The van der Waals surface area contributed by atoms with Crippen molar-refractivity contribution in [2.45, 2.75) is 38.9 Å². The molecule has 120 valence electrons. The first-order chi connectivity index (χ1) is 9.85. The number of carboxylic acid groups (broad SMARTS) is 2. The lowest BCUT2D eigenvalue weighted by Crippen LogP contribution is -2.53. The van der Waals surface area contributed by atoms with E-state index in [4.69, 9.17) is 14.9 Å². The van der Waals surface area contributed by atoms with Crippen molar-refractivity contribution in [1.29, 1.82) is 0 Å². The van der Waals surface area contributed by atoms with E-state index in [1.54, 1.807) is 13.8 Å². The van der Waals surface area contributed by atoms with Crippen LogP contribution in [0.2, 0.25) is 0 Å². The van der Waals surface area contributed by atoms with Crippen LogP contribution < -0.4 is 5.46 Å². The maximum Gasteiger partial charge on any atom is 0.491 e. The summed E-state index contributed by atoms with van der Waals surface area (Å²) in [4.78, 5) is 22.1. The zero-order valence-corrected chi connectivity index (χ0v) is 12.8. The molecule has 22 heavy (non-hydrogen) atoms. The normalized spacial score (nSPS) is 12.1. The van der Waals surface area contributed by atoms with Gasteiger partial charge >= 0.3 is 19.1 Å². The van der Waals surface area contributed by atoms with Gasteiger partial charge in [-0.15, -0.1) is 0 Å². The second kappa shape index (κ2) is 6.08. The van der Waals surface area contributed by atoms with Crippen LogP contribution in [0, 0.1) is 0 Å². The maximum absolute atomic E-state index is 11.0. The number of hydrogen-bond acceptors (Lipinski definition) is 5. The van der Waals surface area contributed by atoms with Crippen LogP contribution in [-0.4, -0.2) is 50.6 Å². The van der Waals surface area contributed by atoms with Crippen LogP contribution in [0.3, 0.4) is 0 Å². The number of carboxylic acids is 2. The Hall–Kier alpha value is -1.90. The van der Waals surface area contributed by atoms with Crippen molar-refractivity contribution < 1.29 is 34.6 Å². The first-order valence-corrected chi connectivity index (χ1v) is 6.55. The standard InChI is InChI=1S/C14H19BO7/c1-13(2,20)14(3,4)22-15(21)10-6-8(11(16)17)5-9(7-10)12(18)19/h5-7,20-21H,1-4H3,(H,16,17)(H,18,19). The van der Waals surface area contributed by atoms with Crippen molar-refractivity contribution >= 4 is 24.5 Å². The van der Waals surface area contributed by atoms with E-state index in [9.17, 15) is 19.7 Å². The quantitative estimate of drug-likeness (QED) is 0.558. The summed E-state index contributed by atoms with van der Waals surface area (Å²) in [5.41, 5.74) is -3.02. The summed E-state index contributed by atoms with van der Waals surface area (Å²) in [6, 6.07) is 3.24. The summed E-state index contributed by atoms with van der Waals surface area (Å²) in [5, 5.41) is 38.1. The minimum Gasteiger partial charge on any atom is -0.478 e. The molecule has 0 amide bonds. The molecule has 0 spiro atoms. The van der Waals surface area contributed by atoms with Gasteiger partial charge in [0, 0.05) is 0 Å². The monoisotopic (exact) mass is 310 g/mol. The van der Waals surface area contributed by atoms with Gasteiger partial charge in [0.15, 0.2) is 0 Å². The zero-order chi connectivity index (χ0) is 17.3. The van der Waals surface area contributed by atoms with Crippen LogP contribution in [0.25, 0.3) is 0 Å². The molecule has 0 bridgehead atoms. The molecular weight excluding hydrogens is 291 g/mol. The summed E-state index contributed by atoms with van der Waals surface area (Å²) in [7, 11) is -1.58. The van der Waals surface area contributed by atoms with E-state index in [2.05, 4.69) is 0 Å². The summed E-state index contributed by atoms with van der Waals surface area (Å²) in [6.07, 6.45) is 0. The molecule has 1 rings (SSSR count). The summed E-state index contributed by atoms with van der Waals surface area (Å²) >= 11 is 0. The van der Waals surface area contributed by atoms with Crippen LogP contribution in [0.15, 0.2) is 18.2 Å². The van der Waals surface area contributed by atoms with Crippen molar-refractivity contribution in [1.82, 2.24) is 0 Å². The average molecular weight is 310 g/mol. The van der Waals surface area contributed by atoms with E-state index in [1.165, 1.54) is 13.8 Å². The molecule has 0 aliphatic carbocycles. The third kappa shape index (κ3) is 4.06. The molecule has 0 saturated carbocycles. The molecule has 1 aromatic rings. The molecular formula is C14H19BO7. The molecule has 0 radical (unpaired) electrons. The minimum atomic E-state index is -1.58. The average Bonchev–Trinajstić information content (AvgIpc) is 2.36. The van der Waals surface area contributed by atoms with Gasteiger partial charge in [0.05, 0.1) is 22.3 Å². The fourth-order valence-electron chi connectivity index (χ4n) is 1.53. The van der Waals surface area contributed by atoms with E-state index in [-0.39, 0.29) is 16.6 Å². The Morgan fingerprint density at radius 2 is 1.41 bits per heavy atom. The summed E-state index contributed by atoms with van der Waals surface area (Å²) in [5.74, 6) is -2.64. The van der Waals surface area contributed by atoms with Gasteiger partial charge in [0.25, 0.3) is 0 Å². The fraction of sp³-hybridized carbons (Fsp3) is 0.429. The topological polar surface area (TPSA) is 124 Å². The lowest BCUT2D eigenvalue weighted by Gasteiger charge is -2.38. The van der Waals surface area contributed by atoms with Crippen molar-refractivity contribution in [2.75, 3.05) is 0 Å². The van der Waals surface area contributed by atoms with E-state index >= 15 is 0 Å². The Kier molecular flexibility index (Phi) is 5.01.